The topological polar surface area (TPSA) is 41.5 Å². The van der Waals surface area contributed by atoms with Crippen molar-refractivity contribution in [3.63, 3.8) is 0 Å². The van der Waals surface area contributed by atoms with E-state index in [9.17, 15) is 13.2 Å². The number of rotatable bonds is 4. The molecule has 2 fully saturated rings. The van der Waals surface area contributed by atoms with Crippen LogP contribution in [-0.4, -0.2) is 53.5 Å². The molecule has 0 N–H and O–H groups in total. The fourth-order valence-electron chi connectivity index (χ4n) is 4.66. The fraction of sp³-hybridized carbons (Fsp3) is 0.478. The maximum Gasteiger partial charge on any atom is 0.573 e. The Bertz CT molecular complexity index is 1060. The van der Waals surface area contributed by atoms with Gasteiger partial charge < -0.3 is 14.5 Å². The first kappa shape index (κ1) is 21.5. The van der Waals surface area contributed by atoms with Crippen molar-refractivity contribution in [2.24, 2.45) is 0 Å². The molecule has 2 aliphatic rings. The Morgan fingerprint density at radius 2 is 1.66 bits per heavy atom. The van der Waals surface area contributed by atoms with Crippen molar-refractivity contribution < 1.29 is 17.9 Å². The molecule has 2 aromatic heterocycles. The Balaban J connectivity index is 1.27. The molecular weight excluding hydrogens is 437 g/mol. The lowest BCUT2D eigenvalue weighted by Crippen LogP contribution is -2.46. The van der Waals surface area contributed by atoms with E-state index in [2.05, 4.69) is 19.5 Å². The van der Waals surface area contributed by atoms with Crippen LogP contribution in [0, 0.1) is 0 Å². The van der Waals surface area contributed by atoms with Crippen molar-refractivity contribution in [1.29, 1.82) is 0 Å². The van der Waals surface area contributed by atoms with Gasteiger partial charge in [-0.1, -0.05) is 29.9 Å². The van der Waals surface area contributed by atoms with E-state index < -0.39 is 6.36 Å². The van der Waals surface area contributed by atoms with Gasteiger partial charge in [0.05, 0.1) is 4.70 Å². The lowest BCUT2D eigenvalue weighted by molar-refractivity contribution is -0.274. The predicted molar refractivity (Wildman–Crippen MR) is 120 cm³/mol. The second-order valence-electron chi connectivity index (χ2n) is 8.43. The zero-order chi connectivity index (χ0) is 22.1. The van der Waals surface area contributed by atoms with Crippen LogP contribution in [0.4, 0.5) is 18.3 Å². The van der Waals surface area contributed by atoms with Gasteiger partial charge in [-0.15, -0.1) is 13.2 Å². The molecule has 0 amide bonds. The van der Waals surface area contributed by atoms with Crippen molar-refractivity contribution >= 4 is 26.8 Å². The number of thiazole rings is 1. The average Bonchev–Trinajstić information content (AvgIpc) is 3.23. The SMILES string of the molecule is FC(F)(F)Oc1ccc(-c2cnc3nc(N4CCC(N5CCCCC5)CC4)sc3c2)cc1. The van der Waals surface area contributed by atoms with E-state index in [1.165, 1.54) is 57.3 Å². The molecule has 2 aliphatic heterocycles. The Kier molecular flexibility index (Phi) is 5.94. The summed E-state index contributed by atoms with van der Waals surface area (Å²) in [4.78, 5) is 14.3. The molecular formula is C23H25F3N4OS. The summed E-state index contributed by atoms with van der Waals surface area (Å²) in [6.45, 7) is 4.49. The van der Waals surface area contributed by atoms with Crippen molar-refractivity contribution in [2.45, 2.75) is 44.5 Å². The molecule has 5 rings (SSSR count). The van der Waals surface area contributed by atoms with E-state index in [1.807, 2.05) is 6.07 Å². The van der Waals surface area contributed by atoms with Gasteiger partial charge in [0.15, 0.2) is 10.8 Å². The van der Waals surface area contributed by atoms with Crippen molar-refractivity contribution in [3.8, 4) is 16.9 Å². The zero-order valence-electron chi connectivity index (χ0n) is 17.6. The molecule has 32 heavy (non-hydrogen) atoms. The van der Waals surface area contributed by atoms with Gasteiger partial charge >= 0.3 is 6.36 Å². The van der Waals surface area contributed by atoms with Gasteiger partial charge in [-0.05, 0) is 62.5 Å². The van der Waals surface area contributed by atoms with Gasteiger partial charge in [-0.25, -0.2) is 4.98 Å². The van der Waals surface area contributed by atoms with Crippen molar-refractivity contribution in [1.82, 2.24) is 14.9 Å². The maximum atomic E-state index is 12.4. The number of pyridine rings is 1. The van der Waals surface area contributed by atoms with Crippen molar-refractivity contribution in [2.75, 3.05) is 31.1 Å². The molecule has 3 aromatic rings. The lowest BCUT2D eigenvalue weighted by atomic mass is 10.0. The number of nitrogens with zero attached hydrogens (tertiary/aromatic N) is 4. The molecule has 9 heteroatoms. The minimum Gasteiger partial charge on any atom is -0.406 e. The number of ether oxygens (including phenoxy) is 1. The van der Waals surface area contributed by atoms with Crippen LogP contribution in [0.25, 0.3) is 21.5 Å². The number of alkyl halides is 3. The molecule has 0 spiro atoms. The minimum atomic E-state index is -4.69. The number of halogens is 3. The smallest absolute Gasteiger partial charge is 0.406 e. The van der Waals surface area contributed by atoms with E-state index in [-0.39, 0.29) is 5.75 Å². The summed E-state index contributed by atoms with van der Waals surface area (Å²) in [5, 5.41) is 0.996. The van der Waals surface area contributed by atoms with Crippen molar-refractivity contribution in [3.05, 3.63) is 36.5 Å². The first-order valence-corrected chi connectivity index (χ1v) is 11.9. The van der Waals surface area contributed by atoms with E-state index in [0.29, 0.717) is 11.7 Å². The molecule has 170 valence electrons. The second kappa shape index (κ2) is 8.86. The summed E-state index contributed by atoms with van der Waals surface area (Å²) < 4.78 is 42.0. The molecule has 1 aromatic carbocycles. The summed E-state index contributed by atoms with van der Waals surface area (Å²) in [6, 6.07) is 8.54. The Morgan fingerprint density at radius 3 is 2.34 bits per heavy atom. The van der Waals surface area contributed by atoms with E-state index in [1.54, 1.807) is 29.7 Å². The number of piperidine rings is 2. The third kappa shape index (κ3) is 4.83. The van der Waals surface area contributed by atoms with Crippen LogP contribution in [0.15, 0.2) is 36.5 Å². The van der Waals surface area contributed by atoms with Crippen LogP contribution in [0.1, 0.15) is 32.1 Å². The minimum absolute atomic E-state index is 0.233. The Labute approximate surface area is 188 Å². The highest BCUT2D eigenvalue weighted by Gasteiger charge is 2.31. The standard InChI is InChI=1S/C23H25F3N4OS/c24-23(25,26)31-19-6-4-16(5-7-19)17-14-20-21(27-15-17)28-22(32-20)30-12-8-18(9-13-30)29-10-2-1-3-11-29/h4-7,14-15,18H,1-3,8-13H2. The number of likely N-dealkylation sites (tertiary alicyclic amines) is 1. The highest BCUT2D eigenvalue weighted by Crippen LogP contribution is 2.34. The molecule has 0 radical (unpaired) electrons. The van der Waals surface area contributed by atoms with Crippen LogP contribution in [0.5, 0.6) is 5.75 Å². The average molecular weight is 463 g/mol. The molecule has 0 bridgehead atoms. The Morgan fingerprint density at radius 1 is 0.938 bits per heavy atom. The number of hydrogen-bond acceptors (Lipinski definition) is 6. The largest absolute Gasteiger partial charge is 0.573 e. The summed E-state index contributed by atoms with van der Waals surface area (Å²) in [5.74, 6) is -0.233. The predicted octanol–water partition coefficient (Wildman–Crippen LogP) is 5.71. The molecule has 5 nitrogen and oxygen atoms in total. The molecule has 2 saturated heterocycles. The molecule has 0 aliphatic carbocycles. The van der Waals surface area contributed by atoms with Crippen LogP contribution in [0.3, 0.4) is 0 Å². The summed E-state index contributed by atoms with van der Waals surface area (Å²) in [7, 11) is 0. The quantitative estimate of drug-likeness (QED) is 0.497. The number of benzene rings is 1. The molecule has 0 atom stereocenters. The second-order valence-corrected chi connectivity index (χ2v) is 9.44. The summed E-state index contributed by atoms with van der Waals surface area (Å²) in [6.07, 6.45) is 3.37. The van der Waals surface area contributed by atoms with E-state index in [0.717, 1.165) is 34.0 Å². The third-order valence-corrected chi connectivity index (χ3v) is 7.35. The normalized spacial score (nSPS) is 18.9. The first-order chi connectivity index (χ1) is 15.4. The lowest BCUT2D eigenvalue weighted by Gasteiger charge is -2.40. The number of anilines is 1. The number of fused-ring (bicyclic) bond motifs is 1. The highest BCUT2D eigenvalue weighted by molar-refractivity contribution is 7.22. The van der Waals surface area contributed by atoms with Crippen LogP contribution < -0.4 is 9.64 Å². The first-order valence-electron chi connectivity index (χ1n) is 11.1. The highest BCUT2D eigenvalue weighted by atomic mass is 32.1. The van der Waals surface area contributed by atoms with Crippen LogP contribution in [0.2, 0.25) is 0 Å². The van der Waals surface area contributed by atoms with Gasteiger partial charge in [-0.2, -0.15) is 4.98 Å². The van der Waals surface area contributed by atoms with Crippen LogP contribution >= 0.6 is 11.3 Å². The molecule has 4 heterocycles. The van der Waals surface area contributed by atoms with Gasteiger partial charge in [0.2, 0.25) is 0 Å². The maximum absolute atomic E-state index is 12.4. The summed E-state index contributed by atoms with van der Waals surface area (Å²) >= 11 is 1.63. The third-order valence-electron chi connectivity index (χ3n) is 6.30. The fourth-order valence-corrected chi connectivity index (χ4v) is 5.67. The van der Waals surface area contributed by atoms with Gasteiger partial charge in [-0.3, -0.25) is 0 Å². The van der Waals surface area contributed by atoms with E-state index >= 15 is 0 Å². The van der Waals surface area contributed by atoms with E-state index in [4.69, 9.17) is 4.98 Å². The molecule has 0 saturated carbocycles. The van der Waals surface area contributed by atoms with Gasteiger partial charge in [0.25, 0.3) is 0 Å². The summed E-state index contributed by atoms with van der Waals surface area (Å²) in [5.41, 5.74) is 2.34. The van der Waals surface area contributed by atoms with Gasteiger partial charge in [0.1, 0.15) is 5.75 Å². The number of hydrogen-bond donors (Lipinski definition) is 0. The molecule has 0 unspecified atom stereocenters. The zero-order valence-corrected chi connectivity index (χ0v) is 18.5. The van der Waals surface area contributed by atoms with Crippen LogP contribution in [-0.2, 0) is 0 Å². The number of aromatic nitrogens is 2. The monoisotopic (exact) mass is 462 g/mol. The van der Waals surface area contributed by atoms with Gasteiger partial charge in [0, 0.05) is 30.9 Å². The Hall–Kier alpha value is -2.39.